The zero-order chi connectivity index (χ0) is 13.0. The first-order chi connectivity index (χ1) is 8.77. The third-order valence-corrected chi connectivity index (χ3v) is 4.59. The topological polar surface area (TPSA) is 44.1 Å². The van der Waals surface area contributed by atoms with E-state index in [-0.39, 0.29) is 12.0 Å². The number of nitriles is 1. The SMILES string of the molecule is CCC(C#N)N1CCCCC1C1CCCCC1=O. The van der Waals surface area contributed by atoms with E-state index in [4.69, 9.17) is 0 Å². The molecule has 1 saturated heterocycles. The van der Waals surface area contributed by atoms with Crippen molar-refractivity contribution in [3.8, 4) is 6.07 Å². The zero-order valence-corrected chi connectivity index (χ0v) is 11.4. The maximum atomic E-state index is 12.1. The lowest BCUT2D eigenvalue weighted by atomic mass is 9.78. The second kappa shape index (κ2) is 6.33. The van der Waals surface area contributed by atoms with Gasteiger partial charge in [-0.3, -0.25) is 9.69 Å². The van der Waals surface area contributed by atoms with Gasteiger partial charge in [0.1, 0.15) is 5.78 Å². The van der Waals surface area contributed by atoms with Gasteiger partial charge in [-0.2, -0.15) is 5.26 Å². The molecular formula is C15H24N2O. The number of carbonyl (C=O) groups excluding carboxylic acids is 1. The molecule has 0 radical (unpaired) electrons. The first-order valence-electron chi connectivity index (χ1n) is 7.46. The fourth-order valence-corrected chi connectivity index (χ4v) is 3.62. The van der Waals surface area contributed by atoms with Gasteiger partial charge >= 0.3 is 0 Å². The summed E-state index contributed by atoms with van der Waals surface area (Å²) in [4.78, 5) is 14.5. The lowest BCUT2D eigenvalue weighted by Crippen LogP contribution is -2.51. The summed E-state index contributed by atoms with van der Waals surface area (Å²) in [5.74, 6) is 0.660. The number of likely N-dealkylation sites (tertiary alicyclic amines) is 1. The van der Waals surface area contributed by atoms with Crippen LogP contribution < -0.4 is 0 Å². The maximum absolute atomic E-state index is 12.1. The van der Waals surface area contributed by atoms with Gasteiger partial charge in [0.25, 0.3) is 0 Å². The summed E-state index contributed by atoms with van der Waals surface area (Å²) in [7, 11) is 0. The molecule has 0 aromatic carbocycles. The van der Waals surface area contributed by atoms with E-state index in [0.29, 0.717) is 11.8 Å². The molecule has 2 aliphatic rings. The van der Waals surface area contributed by atoms with Crippen LogP contribution in [0.4, 0.5) is 0 Å². The van der Waals surface area contributed by atoms with Gasteiger partial charge in [-0.1, -0.05) is 19.8 Å². The summed E-state index contributed by atoms with van der Waals surface area (Å²) in [5.41, 5.74) is 0. The average molecular weight is 248 g/mol. The lowest BCUT2D eigenvalue weighted by Gasteiger charge is -2.43. The molecular weight excluding hydrogens is 224 g/mol. The molecule has 3 heteroatoms. The third kappa shape index (κ3) is 2.75. The Morgan fingerprint density at radius 3 is 2.78 bits per heavy atom. The van der Waals surface area contributed by atoms with Gasteiger partial charge < -0.3 is 0 Å². The highest BCUT2D eigenvalue weighted by Crippen LogP contribution is 2.33. The van der Waals surface area contributed by atoms with Crippen LogP contribution in [0.2, 0.25) is 0 Å². The predicted octanol–water partition coefficient (Wildman–Crippen LogP) is 2.90. The van der Waals surface area contributed by atoms with Crippen molar-refractivity contribution in [2.24, 2.45) is 5.92 Å². The minimum Gasteiger partial charge on any atom is -0.299 e. The van der Waals surface area contributed by atoms with Crippen molar-refractivity contribution in [3.05, 3.63) is 0 Å². The molecule has 0 N–H and O–H groups in total. The number of ketones is 1. The van der Waals surface area contributed by atoms with Crippen molar-refractivity contribution in [2.45, 2.75) is 70.4 Å². The highest BCUT2D eigenvalue weighted by Gasteiger charge is 2.37. The monoisotopic (exact) mass is 248 g/mol. The van der Waals surface area contributed by atoms with E-state index in [1.165, 1.54) is 19.3 Å². The van der Waals surface area contributed by atoms with Crippen LogP contribution >= 0.6 is 0 Å². The van der Waals surface area contributed by atoms with Crippen molar-refractivity contribution in [2.75, 3.05) is 6.54 Å². The summed E-state index contributed by atoms with van der Waals surface area (Å²) >= 11 is 0. The molecule has 100 valence electrons. The number of piperidine rings is 1. The van der Waals surface area contributed by atoms with Crippen LogP contribution in [0.1, 0.15) is 58.3 Å². The molecule has 3 atom stereocenters. The molecule has 0 aromatic rings. The molecule has 0 bridgehead atoms. The van der Waals surface area contributed by atoms with E-state index in [2.05, 4.69) is 17.9 Å². The highest BCUT2D eigenvalue weighted by atomic mass is 16.1. The van der Waals surface area contributed by atoms with Crippen molar-refractivity contribution in [1.82, 2.24) is 4.90 Å². The quantitative estimate of drug-likeness (QED) is 0.771. The fourth-order valence-electron chi connectivity index (χ4n) is 3.62. The fraction of sp³-hybridized carbons (Fsp3) is 0.867. The Bertz CT molecular complexity index is 334. The van der Waals surface area contributed by atoms with Gasteiger partial charge in [0, 0.05) is 18.4 Å². The Morgan fingerprint density at radius 2 is 2.11 bits per heavy atom. The van der Waals surface area contributed by atoms with Crippen LogP contribution in [-0.4, -0.2) is 29.3 Å². The van der Waals surface area contributed by atoms with Gasteiger partial charge in [0.05, 0.1) is 12.1 Å². The summed E-state index contributed by atoms with van der Waals surface area (Å²) < 4.78 is 0. The molecule has 2 fully saturated rings. The zero-order valence-electron chi connectivity index (χ0n) is 11.4. The molecule has 3 unspecified atom stereocenters. The van der Waals surface area contributed by atoms with Crippen LogP contribution in [0.5, 0.6) is 0 Å². The summed E-state index contributed by atoms with van der Waals surface area (Å²) in [5, 5.41) is 9.28. The number of hydrogen-bond acceptors (Lipinski definition) is 3. The van der Waals surface area contributed by atoms with E-state index in [1.54, 1.807) is 0 Å². The number of hydrogen-bond donors (Lipinski definition) is 0. The van der Waals surface area contributed by atoms with E-state index in [0.717, 1.165) is 38.6 Å². The standard InChI is InChI=1S/C15H24N2O/c1-2-12(11-16)17-10-6-5-8-14(17)13-7-3-4-9-15(13)18/h12-14H,2-10H2,1H3. The Labute approximate surface area is 110 Å². The first kappa shape index (κ1) is 13.5. The van der Waals surface area contributed by atoms with Crippen LogP contribution in [-0.2, 0) is 4.79 Å². The van der Waals surface area contributed by atoms with Crippen LogP contribution in [0, 0.1) is 17.2 Å². The molecule has 1 saturated carbocycles. The second-order valence-electron chi connectivity index (χ2n) is 5.67. The number of Topliss-reactive ketones (excluding diaryl/α,β-unsaturated/α-hetero) is 1. The molecule has 18 heavy (non-hydrogen) atoms. The van der Waals surface area contributed by atoms with Gasteiger partial charge in [-0.15, -0.1) is 0 Å². The van der Waals surface area contributed by atoms with Crippen molar-refractivity contribution >= 4 is 5.78 Å². The number of rotatable bonds is 3. The minimum atomic E-state index is 0.00465. The number of carbonyl (C=O) groups is 1. The Kier molecular flexibility index (Phi) is 4.77. The molecule has 3 nitrogen and oxygen atoms in total. The second-order valence-corrected chi connectivity index (χ2v) is 5.67. The van der Waals surface area contributed by atoms with E-state index < -0.39 is 0 Å². The molecule has 2 rings (SSSR count). The molecule has 1 aliphatic heterocycles. The third-order valence-electron chi connectivity index (χ3n) is 4.59. The average Bonchev–Trinajstić information content (AvgIpc) is 2.41. The van der Waals surface area contributed by atoms with E-state index in [9.17, 15) is 10.1 Å². The number of nitrogens with zero attached hydrogens (tertiary/aromatic N) is 2. The molecule has 0 amide bonds. The molecule has 1 aliphatic carbocycles. The summed E-state index contributed by atoms with van der Waals surface area (Å²) in [6.07, 6.45) is 8.42. The van der Waals surface area contributed by atoms with Crippen molar-refractivity contribution in [3.63, 3.8) is 0 Å². The summed E-state index contributed by atoms with van der Waals surface area (Å²) in [6.45, 7) is 3.07. The minimum absolute atomic E-state index is 0.00465. The highest BCUT2D eigenvalue weighted by molar-refractivity contribution is 5.82. The van der Waals surface area contributed by atoms with Gasteiger partial charge in [0.15, 0.2) is 0 Å². The van der Waals surface area contributed by atoms with Crippen molar-refractivity contribution < 1.29 is 4.79 Å². The Hall–Kier alpha value is -0.880. The van der Waals surface area contributed by atoms with Crippen LogP contribution in [0.25, 0.3) is 0 Å². The lowest BCUT2D eigenvalue weighted by molar-refractivity contribution is -0.128. The van der Waals surface area contributed by atoms with Crippen LogP contribution in [0.3, 0.4) is 0 Å². The van der Waals surface area contributed by atoms with Gasteiger partial charge in [-0.25, -0.2) is 0 Å². The smallest absolute Gasteiger partial charge is 0.137 e. The Morgan fingerprint density at radius 1 is 1.33 bits per heavy atom. The first-order valence-corrected chi connectivity index (χ1v) is 7.46. The molecule has 0 aromatic heterocycles. The van der Waals surface area contributed by atoms with Crippen LogP contribution in [0.15, 0.2) is 0 Å². The molecule has 1 heterocycles. The largest absolute Gasteiger partial charge is 0.299 e. The maximum Gasteiger partial charge on any atom is 0.137 e. The predicted molar refractivity (Wildman–Crippen MR) is 71.0 cm³/mol. The molecule has 0 spiro atoms. The normalized spacial score (nSPS) is 31.9. The van der Waals surface area contributed by atoms with Crippen molar-refractivity contribution in [1.29, 1.82) is 5.26 Å². The van der Waals surface area contributed by atoms with E-state index in [1.807, 2.05) is 0 Å². The van der Waals surface area contributed by atoms with Gasteiger partial charge in [-0.05, 0) is 38.6 Å². The van der Waals surface area contributed by atoms with E-state index >= 15 is 0 Å². The Balaban J connectivity index is 2.11. The summed E-state index contributed by atoms with van der Waals surface area (Å²) in [6, 6.07) is 2.77. The van der Waals surface area contributed by atoms with Gasteiger partial charge in [0.2, 0.25) is 0 Å².